The molecule has 0 amide bonds. The number of hydrogen-bond acceptors (Lipinski definition) is 1. The zero-order chi connectivity index (χ0) is 11.9. The van der Waals surface area contributed by atoms with Crippen LogP contribution in [0.1, 0.15) is 37.7 Å². The Morgan fingerprint density at radius 1 is 1.12 bits per heavy atom. The Balaban J connectivity index is 1.80. The van der Waals surface area contributed by atoms with Crippen LogP contribution in [0.3, 0.4) is 0 Å². The summed E-state index contributed by atoms with van der Waals surface area (Å²) in [7, 11) is 2.16. The summed E-state index contributed by atoms with van der Waals surface area (Å²) in [4.78, 5) is 2.28. The molecular weight excluding hydrogens is 206 g/mol. The zero-order valence-electron chi connectivity index (χ0n) is 10.8. The van der Waals surface area contributed by atoms with Gasteiger partial charge in [0.15, 0.2) is 0 Å². The van der Waals surface area contributed by atoms with Gasteiger partial charge in [-0.25, -0.2) is 0 Å². The second-order valence-corrected chi connectivity index (χ2v) is 5.14. The molecule has 0 atom stereocenters. The Morgan fingerprint density at radius 2 is 1.82 bits per heavy atom. The van der Waals surface area contributed by atoms with E-state index in [9.17, 15) is 0 Å². The third-order valence-corrected chi connectivity index (χ3v) is 3.54. The summed E-state index contributed by atoms with van der Waals surface area (Å²) in [5.41, 5.74) is 1.38. The third kappa shape index (κ3) is 4.26. The lowest BCUT2D eigenvalue weighted by molar-refractivity contribution is 0.403. The Kier molecular flexibility index (Phi) is 4.66. The van der Waals surface area contributed by atoms with E-state index in [4.69, 9.17) is 0 Å². The molecule has 1 nitrogen and oxygen atoms in total. The lowest BCUT2D eigenvalue weighted by atomic mass is 9.89. The first-order valence-corrected chi connectivity index (χ1v) is 6.77. The van der Waals surface area contributed by atoms with Crippen molar-refractivity contribution in [2.75, 3.05) is 7.05 Å². The lowest BCUT2D eigenvalue weighted by Gasteiger charge is -2.20. The van der Waals surface area contributed by atoms with Crippen LogP contribution in [-0.2, 0) is 6.54 Å². The van der Waals surface area contributed by atoms with E-state index in [0.29, 0.717) is 0 Å². The van der Waals surface area contributed by atoms with E-state index in [1.165, 1.54) is 37.7 Å². The number of nitrogens with zero attached hydrogens (tertiary/aromatic N) is 1. The summed E-state index contributed by atoms with van der Waals surface area (Å²) in [6.45, 7) is 1.00. The average Bonchev–Trinajstić information content (AvgIpc) is 2.39. The van der Waals surface area contributed by atoms with Crippen LogP contribution in [0.5, 0.6) is 0 Å². The van der Waals surface area contributed by atoms with Crippen LogP contribution < -0.4 is 0 Å². The van der Waals surface area contributed by atoms with Gasteiger partial charge in [0.2, 0.25) is 0 Å². The fourth-order valence-electron chi connectivity index (χ4n) is 2.52. The molecule has 1 saturated carbocycles. The maximum Gasteiger partial charge on any atom is 0.0420 e. The van der Waals surface area contributed by atoms with Crippen LogP contribution in [0.4, 0.5) is 0 Å². The second kappa shape index (κ2) is 6.48. The van der Waals surface area contributed by atoms with Crippen LogP contribution in [0.15, 0.2) is 42.6 Å². The minimum absolute atomic E-state index is 0.821. The maximum absolute atomic E-state index is 2.40. The van der Waals surface area contributed by atoms with Crippen molar-refractivity contribution in [3.05, 3.63) is 48.2 Å². The van der Waals surface area contributed by atoms with E-state index < -0.39 is 0 Å². The summed E-state index contributed by atoms with van der Waals surface area (Å²) in [5, 5.41) is 0. The van der Waals surface area contributed by atoms with Gasteiger partial charge >= 0.3 is 0 Å². The highest BCUT2D eigenvalue weighted by atomic mass is 15.1. The Labute approximate surface area is 105 Å². The third-order valence-electron chi connectivity index (χ3n) is 3.54. The molecule has 1 aliphatic rings. The number of allylic oxidation sites excluding steroid dienone is 1. The van der Waals surface area contributed by atoms with E-state index in [0.717, 1.165) is 12.5 Å². The molecule has 1 heteroatoms. The van der Waals surface area contributed by atoms with E-state index in [-0.39, 0.29) is 0 Å². The quantitative estimate of drug-likeness (QED) is 0.747. The van der Waals surface area contributed by atoms with Crippen molar-refractivity contribution in [1.82, 2.24) is 4.90 Å². The van der Waals surface area contributed by atoms with Gasteiger partial charge in [-0.2, -0.15) is 0 Å². The Morgan fingerprint density at radius 3 is 2.53 bits per heavy atom. The first-order chi connectivity index (χ1) is 8.34. The van der Waals surface area contributed by atoms with Crippen LogP contribution in [0.2, 0.25) is 0 Å². The first kappa shape index (κ1) is 12.2. The molecule has 0 saturated heterocycles. The molecule has 0 bridgehead atoms. The molecule has 0 aromatic heterocycles. The number of benzene rings is 1. The topological polar surface area (TPSA) is 3.24 Å². The van der Waals surface area contributed by atoms with Gasteiger partial charge in [0.25, 0.3) is 0 Å². The van der Waals surface area contributed by atoms with Gasteiger partial charge in [0.1, 0.15) is 0 Å². The van der Waals surface area contributed by atoms with Crippen molar-refractivity contribution < 1.29 is 0 Å². The van der Waals surface area contributed by atoms with Gasteiger partial charge in [-0.15, -0.1) is 0 Å². The second-order valence-electron chi connectivity index (χ2n) is 5.14. The van der Waals surface area contributed by atoms with Gasteiger partial charge in [-0.3, -0.25) is 0 Å². The fraction of sp³-hybridized carbons (Fsp3) is 0.500. The van der Waals surface area contributed by atoms with Gasteiger partial charge in [-0.05, 0) is 30.5 Å². The zero-order valence-corrected chi connectivity index (χ0v) is 10.8. The molecular formula is C16H23N. The summed E-state index contributed by atoms with van der Waals surface area (Å²) < 4.78 is 0. The molecule has 0 aliphatic heterocycles. The van der Waals surface area contributed by atoms with Crippen molar-refractivity contribution in [2.45, 2.75) is 38.6 Å². The molecule has 0 heterocycles. The van der Waals surface area contributed by atoms with Crippen molar-refractivity contribution in [3.8, 4) is 0 Å². The molecule has 0 radical (unpaired) electrons. The van der Waals surface area contributed by atoms with Gasteiger partial charge in [-0.1, -0.05) is 55.7 Å². The average molecular weight is 229 g/mol. The highest BCUT2D eigenvalue weighted by Crippen LogP contribution is 2.24. The monoisotopic (exact) mass is 229 g/mol. The Bertz CT molecular complexity index is 336. The van der Waals surface area contributed by atoms with Crippen LogP contribution in [0.25, 0.3) is 0 Å². The molecule has 17 heavy (non-hydrogen) atoms. The Hall–Kier alpha value is -1.24. The highest BCUT2D eigenvalue weighted by molar-refractivity contribution is 5.14. The predicted octanol–water partition coefficient (Wildman–Crippen LogP) is 4.21. The molecule has 0 spiro atoms. The van der Waals surface area contributed by atoms with Crippen LogP contribution in [-0.4, -0.2) is 11.9 Å². The largest absolute Gasteiger partial charge is 0.376 e. The van der Waals surface area contributed by atoms with Gasteiger partial charge in [0.05, 0.1) is 0 Å². The predicted molar refractivity (Wildman–Crippen MR) is 73.6 cm³/mol. The van der Waals surface area contributed by atoms with Crippen molar-refractivity contribution in [1.29, 1.82) is 0 Å². The van der Waals surface area contributed by atoms with Crippen molar-refractivity contribution in [3.63, 3.8) is 0 Å². The molecule has 1 aromatic carbocycles. The molecule has 0 N–H and O–H groups in total. The molecule has 92 valence electrons. The summed E-state index contributed by atoms with van der Waals surface area (Å²) in [6.07, 6.45) is 11.7. The smallest absolute Gasteiger partial charge is 0.0420 e. The van der Waals surface area contributed by atoms with E-state index in [1.54, 1.807) is 0 Å². The molecule has 1 fully saturated rings. The highest BCUT2D eigenvalue weighted by Gasteiger charge is 2.09. The first-order valence-electron chi connectivity index (χ1n) is 6.77. The number of hydrogen-bond donors (Lipinski definition) is 0. The summed E-state index contributed by atoms with van der Waals surface area (Å²) in [6, 6.07) is 10.7. The van der Waals surface area contributed by atoms with Crippen molar-refractivity contribution >= 4 is 0 Å². The van der Waals surface area contributed by atoms with E-state index >= 15 is 0 Å². The molecule has 0 unspecified atom stereocenters. The molecule has 1 aliphatic carbocycles. The van der Waals surface area contributed by atoms with E-state index in [1.807, 2.05) is 0 Å². The SMILES string of the molecule is CN(/C=C/C1CCCCC1)Cc1ccccc1. The van der Waals surface area contributed by atoms with Crippen LogP contribution >= 0.6 is 0 Å². The molecule has 2 rings (SSSR count). The standard InChI is InChI=1S/C16H23N/c1-17(14-16-10-6-3-7-11-16)13-12-15-8-4-2-5-9-15/h3,6-7,10-13,15H,2,4-5,8-9,14H2,1H3/b13-12+. The fourth-order valence-corrected chi connectivity index (χ4v) is 2.52. The minimum Gasteiger partial charge on any atom is -0.376 e. The van der Waals surface area contributed by atoms with Crippen LogP contribution in [0, 0.1) is 5.92 Å². The minimum atomic E-state index is 0.821. The van der Waals surface area contributed by atoms with E-state index in [2.05, 4.69) is 54.6 Å². The van der Waals surface area contributed by atoms with Gasteiger partial charge < -0.3 is 4.90 Å². The summed E-state index contributed by atoms with van der Waals surface area (Å²) >= 11 is 0. The maximum atomic E-state index is 2.40. The molecule has 1 aromatic rings. The lowest BCUT2D eigenvalue weighted by Crippen LogP contribution is -2.11. The normalized spacial score (nSPS) is 17.5. The van der Waals surface area contributed by atoms with Crippen molar-refractivity contribution in [2.24, 2.45) is 5.92 Å². The number of rotatable bonds is 4. The summed E-state index contributed by atoms with van der Waals surface area (Å²) in [5.74, 6) is 0.821. The van der Waals surface area contributed by atoms with Gasteiger partial charge in [0, 0.05) is 13.6 Å².